The Morgan fingerprint density at radius 2 is 2.00 bits per heavy atom. The van der Waals surface area contributed by atoms with Crippen LogP contribution in [0.1, 0.15) is 27.6 Å². The number of carbonyl (C=O) groups is 1. The minimum atomic E-state index is -0.566. The Hall–Kier alpha value is -2.74. The van der Waals surface area contributed by atoms with Crippen molar-refractivity contribution in [1.82, 2.24) is 20.1 Å². The molecule has 0 aliphatic carbocycles. The van der Waals surface area contributed by atoms with Gasteiger partial charge in [0.1, 0.15) is 6.73 Å². The molecule has 0 fully saturated rings. The van der Waals surface area contributed by atoms with Crippen LogP contribution in [0.5, 0.6) is 0 Å². The number of nitrogens with zero attached hydrogens (tertiary/aromatic N) is 4. The summed E-state index contributed by atoms with van der Waals surface area (Å²) < 4.78 is 1.56. The fraction of sp³-hybridized carbons (Fsp3) is 0.111. The second-order valence-electron chi connectivity index (χ2n) is 5.73. The van der Waals surface area contributed by atoms with Crippen molar-refractivity contribution in [3.05, 3.63) is 75.3 Å². The Kier molecular flexibility index (Phi) is 4.65. The molecule has 27 heavy (non-hydrogen) atoms. The summed E-state index contributed by atoms with van der Waals surface area (Å²) in [5.74, 6) is -0.121. The van der Waals surface area contributed by atoms with E-state index in [1.54, 1.807) is 28.9 Å². The van der Waals surface area contributed by atoms with Gasteiger partial charge in [0.05, 0.1) is 17.9 Å². The van der Waals surface area contributed by atoms with Gasteiger partial charge in [0, 0.05) is 21.2 Å². The lowest BCUT2D eigenvalue weighted by Gasteiger charge is -2.12. The predicted octanol–water partition coefficient (Wildman–Crippen LogP) is 2.60. The zero-order valence-electron chi connectivity index (χ0n) is 13.9. The van der Waals surface area contributed by atoms with E-state index >= 15 is 0 Å². The topological polar surface area (TPSA) is 92.4 Å². The maximum Gasteiger partial charge on any atom is 0.292 e. The number of carbonyl (C=O) groups excluding carboxylic acids is 1. The van der Waals surface area contributed by atoms with Crippen LogP contribution < -0.4 is 5.32 Å². The van der Waals surface area contributed by atoms with Crippen molar-refractivity contribution in [2.45, 2.75) is 6.54 Å². The van der Waals surface area contributed by atoms with Crippen LogP contribution in [0.25, 0.3) is 5.69 Å². The molecule has 0 saturated carbocycles. The standard InChI is InChI=1S/C18H13Cl2N5O2/c19-10-5-6-14-12(7-10)16(11-3-1-2-4-13(11)20)21-8-15-23-17(24-25(14)15)18(27)22-9-26/h1-7,26H,8-9H2,(H,22,27). The molecule has 0 unspecified atom stereocenters. The van der Waals surface area contributed by atoms with Gasteiger partial charge in [0.25, 0.3) is 5.91 Å². The maximum absolute atomic E-state index is 12.0. The summed E-state index contributed by atoms with van der Waals surface area (Å²) in [5, 5.41) is 16.5. The number of benzene rings is 2. The van der Waals surface area contributed by atoms with Gasteiger partial charge in [-0.25, -0.2) is 9.67 Å². The number of hydrogen-bond donors (Lipinski definition) is 2. The number of rotatable bonds is 3. The van der Waals surface area contributed by atoms with Crippen LogP contribution in [0.3, 0.4) is 0 Å². The molecule has 0 bridgehead atoms. The van der Waals surface area contributed by atoms with Crippen molar-refractivity contribution in [3.8, 4) is 5.69 Å². The molecule has 2 heterocycles. The smallest absolute Gasteiger partial charge is 0.292 e. The summed E-state index contributed by atoms with van der Waals surface area (Å²) in [7, 11) is 0. The number of aliphatic hydroxyl groups excluding tert-OH is 1. The molecule has 7 nitrogen and oxygen atoms in total. The zero-order chi connectivity index (χ0) is 19.0. The fourth-order valence-electron chi connectivity index (χ4n) is 2.89. The van der Waals surface area contributed by atoms with E-state index < -0.39 is 12.6 Å². The van der Waals surface area contributed by atoms with E-state index in [9.17, 15) is 4.79 Å². The van der Waals surface area contributed by atoms with Crippen molar-refractivity contribution in [2.75, 3.05) is 6.73 Å². The highest BCUT2D eigenvalue weighted by Crippen LogP contribution is 2.29. The first-order chi connectivity index (χ1) is 13.1. The predicted molar refractivity (Wildman–Crippen MR) is 102 cm³/mol. The van der Waals surface area contributed by atoms with Gasteiger partial charge < -0.3 is 10.4 Å². The first kappa shape index (κ1) is 17.7. The van der Waals surface area contributed by atoms with Gasteiger partial charge in [-0.05, 0) is 24.3 Å². The Labute approximate surface area is 164 Å². The van der Waals surface area contributed by atoms with E-state index in [-0.39, 0.29) is 12.4 Å². The first-order valence-corrected chi connectivity index (χ1v) is 8.78. The monoisotopic (exact) mass is 401 g/mol. The average molecular weight is 402 g/mol. The first-order valence-electron chi connectivity index (χ1n) is 8.03. The van der Waals surface area contributed by atoms with Crippen molar-refractivity contribution < 1.29 is 9.90 Å². The minimum absolute atomic E-state index is 0.0451. The number of amides is 1. The molecule has 1 amide bonds. The van der Waals surface area contributed by atoms with E-state index in [1.165, 1.54) is 0 Å². The van der Waals surface area contributed by atoms with Crippen molar-refractivity contribution in [3.63, 3.8) is 0 Å². The Morgan fingerprint density at radius 1 is 1.19 bits per heavy atom. The highest BCUT2D eigenvalue weighted by Gasteiger charge is 2.24. The highest BCUT2D eigenvalue weighted by atomic mass is 35.5. The Bertz CT molecular complexity index is 1080. The van der Waals surface area contributed by atoms with Crippen LogP contribution in [-0.4, -0.2) is 38.2 Å². The van der Waals surface area contributed by atoms with Crippen LogP contribution in [0.4, 0.5) is 0 Å². The number of fused-ring (bicyclic) bond motifs is 3. The molecule has 3 aromatic rings. The van der Waals surface area contributed by atoms with Gasteiger partial charge in [-0.3, -0.25) is 9.79 Å². The third-order valence-electron chi connectivity index (χ3n) is 4.07. The number of aliphatic hydroxyl groups is 1. The molecule has 0 radical (unpaired) electrons. The third kappa shape index (κ3) is 3.21. The molecule has 1 aliphatic heterocycles. The highest BCUT2D eigenvalue weighted by molar-refractivity contribution is 6.36. The molecule has 0 atom stereocenters. The second kappa shape index (κ2) is 7.11. The summed E-state index contributed by atoms with van der Waals surface area (Å²) >= 11 is 12.6. The van der Waals surface area contributed by atoms with Crippen molar-refractivity contribution in [2.24, 2.45) is 4.99 Å². The third-order valence-corrected chi connectivity index (χ3v) is 4.63. The fourth-order valence-corrected chi connectivity index (χ4v) is 3.29. The van der Waals surface area contributed by atoms with Crippen LogP contribution in [0.15, 0.2) is 47.5 Å². The maximum atomic E-state index is 12.0. The lowest BCUT2D eigenvalue weighted by Crippen LogP contribution is -2.25. The lowest BCUT2D eigenvalue weighted by atomic mass is 10.0. The quantitative estimate of drug-likeness (QED) is 0.659. The molecule has 0 saturated heterocycles. The van der Waals surface area contributed by atoms with E-state index in [1.807, 2.05) is 18.2 Å². The van der Waals surface area contributed by atoms with Gasteiger partial charge in [0.15, 0.2) is 5.82 Å². The lowest BCUT2D eigenvalue weighted by molar-refractivity contribution is 0.0899. The second-order valence-corrected chi connectivity index (χ2v) is 6.58. The molecule has 136 valence electrons. The van der Waals surface area contributed by atoms with Gasteiger partial charge in [-0.15, -0.1) is 5.10 Å². The molecular weight excluding hydrogens is 389 g/mol. The molecule has 9 heteroatoms. The van der Waals surface area contributed by atoms with Crippen LogP contribution >= 0.6 is 23.2 Å². The van der Waals surface area contributed by atoms with Crippen molar-refractivity contribution in [1.29, 1.82) is 0 Å². The Morgan fingerprint density at radius 3 is 2.78 bits per heavy atom. The molecule has 0 spiro atoms. The van der Waals surface area contributed by atoms with Crippen LogP contribution in [0.2, 0.25) is 10.0 Å². The number of nitrogens with one attached hydrogen (secondary N) is 1. The molecule has 2 aromatic carbocycles. The summed E-state index contributed by atoms with van der Waals surface area (Å²) in [5.41, 5.74) is 2.85. The summed E-state index contributed by atoms with van der Waals surface area (Å²) in [6.45, 7) is -0.296. The summed E-state index contributed by atoms with van der Waals surface area (Å²) in [4.78, 5) is 20.9. The largest absolute Gasteiger partial charge is 0.376 e. The summed E-state index contributed by atoms with van der Waals surface area (Å²) in [6, 6.07) is 12.7. The van der Waals surface area contributed by atoms with Crippen LogP contribution in [0, 0.1) is 0 Å². The van der Waals surface area contributed by atoms with Gasteiger partial charge in [-0.1, -0.05) is 41.4 Å². The molecule has 1 aliphatic rings. The average Bonchev–Trinajstić information content (AvgIpc) is 3.02. The normalized spacial score (nSPS) is 12.6. The number of hydrogen-bond acceptors (Lipinski definition) is 5. The number of aliphatic imine (C=N–C) groups is 1. The van der Waals surface area contributed by atoms with Gasteiger partial charge >= 0.3 is 0 Å². The molecule has 2 N–H and O–H groups in total. The molecular formula is C18H13Cl2N5O2. The molecule has 1 aromatic heterocycles. The SMILES string of the molecule is O=C(NCO)c1nc2n(n1)-c1ccc(Cl)cc1C(c1ccccc1Cl)=NC2. The number of halogens is 2. The van der Waals surface area contributed by atoms with Crippen LogP contribution in [-0.2, 0) is 6.54 Å². The van der Waals surface area contributed by atoms with E-state index in [0.717, 1.165) is 11.1 Å². The zero-order valence-corrected chi connectivity index (χ0v) is 15.4. The van der Waals surface area contributed by atoms with Gasteiger partial charge in [-0.2, -0.15) is 0 Å². The Balaban J connectivity index is 1.90. The molecule has 4 rings (SSSR count). The summed E-state index contributed by atoms with van der Waals surface area (Å²) in [6.07, 6.45) is 0. The van der Waals surface area contributed by atoms with E-state index in [0.29, 0.717) is 27.3 Å². The van der Waals surface area contributed by atoms with Gasteiger partial charge in [0.2, 0.25) is 5.82 Å². The minimum Gasteiger partial charge on any atom is -0.376 e. The van der Waals surface area contributed by atoms with E-state index in [2.05, 4.69) is 20.4 Å². The van der Waals surface area contributed by atoms with Crippen molar-refractivity contribution >= 4 is 34.8 Å². The number of aromatic nitrogens is 3. The van der Waals surface area contributed by atoms with E-state index in [4.69, 9.17) is 28.3 Å².